The SMILES string of the molecule is COCCCNC(=NCc1ccc([N+](=O)[O-])cc1)N1CCCC1. The molecule has 0 saturated carbocycles. The van der Waals surface area contributed by atoms with Gasteiger partial charge in [0.1, 0.15) is 0 Å². The quantitative estimate of drug-likeness (QED) is 0.274. The Morgan fingerprint density at radius 1 is 1.35 bits per heavy atom. The molecule has 126 valence electrons. The summed E-state index contributed by atoms with van der Waals surface area (Å²) in [5.41, 5.74) is 1.07. The molecular weight excluding hydrogens is 296 g/mol. The van der Waals surface area contributed by atoms with Gasteiger partial charge in [-0.15, -0.1) is 0 Å². The average Bonchev–Trinajstić information content (AvgIpc) is 3.09. The number of nitrogens with zero attached hydrogens (tertiary/aromatic N) is 3. The summed E-state index contributed by atoms with van der Waals surface area (Å²) in [6, 6.07) is 6.56. The predicted molar refractivity (Wildman–Crippen MR) is 89.5 cm³/mol. The summed E-state index contributed by atoms with van der Waals surface area (Å²) >= 11 is 0. The first kappa shape index (κ1) is 17.2. The minimum atomic E-state index is -0.389. The summed E-state index contributed by atoms with van der Waals surface area (Å²) in [4.78, 5) is 17.2. The zero-order valence-corrected chi connectivity index (χ0v) is 13.5. The van der Waals surface area contributed by atoms with E-state index in [0.717, 1.165) is 44.2 Å². The van der Waals surface area contributed by atoms with Crippen LogP contribution in [0.4, 0.5) is 5.69 Å². The lowest BCUT2D eigenvalue weighted by Gasteiger charge is -2.21. The number of aliphatic imine (C=N–C) groups is 1. The maximum atomic E-state index is 10.7. The van der Waals surface area contributed by atoms with Crippen molar-refractivity contribution < 1.29 is 9.66 Å². The van der Waals surface area contributed by atoms with Crippen LogP contribution >= 0.6 is 0 Å². The van der Waals surface area contributed by atoms with Crippen LogP contribution in [0.1, 0.15) is 24.8 Å². The fraction of sp³-hybridized carbons (Fsp3) is 0.562. The number of guanidine groups is 1. The van der Waals surface area contributed by atoms with Gasteiger partial charge in [0.05, 0.1) is 11.5 Å². The molecule has 1 heterocycles. The van der Waals surface area contributed by atoms with Gasteiger partial charge in [0, 0.05) is 45.5 Å². The highest BCUT2D eigenvalue weighted by Crippen LogP contribution is 2.13. The third-order valence-corrected chi connectivity index (χ3v) is 3.77. The number of likely N-dealkylation sites (tertiary alicyclic amines) is 1. The molecule has 0 radical (unpaired) electrons. The lowest BCUT2D eigenvalue weighted by Crippen LogP contribution is -2.40. The van der Waals surface area contributed by atoms with Crippen molar-refractivity contribution in [2.75, 3.05) is 33.4 Å². The van der Waals surface area contributed by atoms with Gasteiger partial charge in [-0.05, 0) is 24.8 Å². The number of nitrogens with one attached hydrogen (secondary N) is 1. The lowest BCUT2D eigenvalue weighted by molar-refractivity contribution is -0.384. The summed E-state index contributed by atoms with van der Waals surface area (Å²) in [7, 11) is 1.70. The number of nitro benzene ring substituents is 1. The van der Waals surface area contributed by atoms with Gasteiger partial charge in [0.25, 0.3) is 5.69 Å². The third kappa shape index (κ3) is 5.52. The lowest BCUT2D eigenvalue weighted by atomic mass is 10.2. The number of hydrogen-bond donors (Lipinski definition) is 1. The average molecular weight is 320 g/mol. The summed E-state index contributed by atoms with van der Waals surface area (Å²) in [6.07, 6.45) is 3.31. The number of ether oxygens (including phenoxy) is 1. The first-order chi connectivity index (χ1) is 11.2. The Bertz CT molecular complexity index is 525. The molecule has 1 aliphatic rings. The normalized spacial score (nSPS) is 15.0. The van der Waals surface area contributed by atoms with E-state index in [4.69, 9.17) is 4.74 Å². The van der Waals surface area contributed by atoms with Gasteiger partial charge in [-0.25, -0.2) is 4.99 Å². The second kappa shape index (κ2) is 9.09. The van der Waals surface area contributed by atoms with Crippen LogP contribution in [0.3, 0.4) is 0 Å². The van der Waals surface area contributed by atoms with E-state index in [1.54, 1.807) is 19.2 Å². The molecule has 1 saturated heterocycles. The Balaban J connectivity index is 1.96. The van der Waals surface area contributed by atoms with Gasteiger partial charge < -0.3 is 15.0 Å². The van der Waals surface area contributed by atoms with E-state index in [2.05, 4.69) is 15.2 Å². The topological polar surface area (TPSA) is 80.0 Å². The molecule has 1 N–H and O–H groups in total. The Hall–Kier alpha value is -2.15. The highest BCUT2D eigenvalue weighted by Gasteiger charge is 2.15. The maximum Gasteiger partial charge on any atom is 0.269 e. The molecule has 0 unspecified atom stereocenters. The molecule has 1 fully saturated rings. The monoisotopic (exact) mass is 320 g/mol. The molecule has 1 aliphatic heterocycles. The van der Waals surface area contributed by atoms with Gasteiger partial charge in [-0.2, -0.15) is 0 Å². The van der Waals surface area contributed by atoms with E-state index in [-0.39, 0.29) is 10.6 Å². The van der Waals surface area contributed by atoms with E-state index in [9.17, 15) is 10.1 Å². The molecule has 7 heteroatoms. The minimum Gasteiger partial charge on any atom is -0.385 e. The van der Waals surface area contributed by atoms with Gasteiger partial charge in [0.2, 0.25) is 0 Å². The number of benzene rings is 1. The molecule has 1 aromatic rings. The van der Waals surface area contributed by atoms with Gasteiger partial charge >= 0.3 is 0 Å². The zero-order chi connectivity index (χ0) is 16.5. The Morgan fingerprint density at radius 2 is 2.04 bits per heavy atom. The number of rotatable bonds is 7. The Morgan fingerprint density at radius 3 is 2.65 bits per heavy atom. The zero-order valence-electron chi connectivity index (χ0n) is 13.5. The smallest absolute Gasteiger partial charge is 0.269 e. The molecular formula is C16H24N4O3. The van der Waals surface area contributed by atoms with E-state index in [1.165, 1.54) is 25.0 Å². The van der Waals surface area contributed by atoms with Crippen molar-refractivity contribution in [2.45, 2.75) is 25.8 Å². The van der Waals surface area contributed by atoms with Gasteiger partial charge in [0.15, 0.2) is 5.96 Å². The molecule has 0 amide bonds. The van der Waals surface area contributed by atoms with Crippen LogP contribution in [-0.2, 0) is 11.3 Å². The summed E-state index contributed by atoms with van der Waals surface area (Å²) < 4.78 is 5.06. The van der Waals surface area contributed by atoms with E-state index in [1.807, 2.05) is 0 Å². The van der Waals surface area contributed by atoms with Crippen molar-refractivity contribution in [1.29, 1.82) is 0 Å². The first-order valence-corrected chi connectivity index (χ1v) is 7.96. The molecule has 0 spiro atoms. The molecule has 2 rings (SSSR count). The second-order valence-electron chi connectivity index (χ2n) is 5.53. The Kier molecular flexibility index (Phi) is 6.80. The van der Waals surface area contributed by atoms with Gasteiger partial charge in [-0.1, -0.05) is 12.1 Å². The minimum absolute atomic E-state index is 0.107. The van der Waals surface area contributed by atoms with Gasteiger partial charge in [-0.3, -0.25) is 10.1 Å². The summed E-state index contributed by atoms with van der Waals surface area (Å²) in [6.45, 7) is 4.11. The van der Waals surface area contributed by atoms with Crippen LogP contribution in [0.25, 0.3) is 0 Å². The predicted octanol–water partition coefficient (Wildman–Crippen LogP) is 2.17. The van der Waals surface area contributed by atoms with Crippen LogP contribution in [0, 0.1) is 10.1 Å². The number of nitro groups is 1. The van der Waals surface area contributed by atoms with Crippen LogP contribution in [0.15, 0.2) is 29.3 Å². The molecule has 0 bridgehead atoms. The molecule has 0 aromatic heterocycles. The number of hydrogen-bond acceptors (Lipinski definition) is 4. The van der Waals surface area contributed by atoms with Crippen LogP contribution in [0.2, 0.25) is 0 Å². The van der Waals surface area contributed by atoms with Crippen molar-refractivity contribution in [3.63, 3.8) is 0 Å². The van der Waals surface area contributed by atoms with Crippen LogP contribution in [-0.4, -0.2) is 49.1 Å². The summed E-state index contributed by atoms with van der Waals surface area (Å²) in [5.74, 6) is 0.914. The largest absolute Gasteiger partial charge is 0.385 e. The Labute approximate surface area is 136 Å². The van der Waals surface area contributed by atoms with Crippen molar-refractivity contribution >= 4 is 11.6 Å². The van der Waals surface area contributed by atoms with E-state index >= 15 is 0 Å². The molecule has 1 aromatic carbocycles. The summed E-state index contributed by atoms with van der Waals surface area (Å²) in [5, 5.41) is 14.1. The fourth-order valence-corrected chi connectivity index (χ4v) is 2.50. The van der Waals surface area contributed by atoms with E-state index < -0.39 is 0 Å². The number of methoxy groups -OCH3 is 1. The molecule has 23 heavy (non-hydrogen) atoms. The van der Waals surface area contributed by atoms with Crippen LogP contribution in [0.5, 0.6) is 0 Å². The highest BCUT2D eigenvalue weighted by atomic mass is 16.6. The van der Waals surface area contributed by atoms with Crippen molar-refractivity contribution in [1.82, 2.24) is 10.2 Å². The second-order valence-corrected chi connectivity index (χ2v) is 5.53. The number of non-ortho nitro benzene ring substituents is 1. The van der Waals surface area contributed by atoms with Crippen LogP contribution < -0.4 is 5.32 Å². The van der Waals surface area contributed by atoms with Crippen molar-refractivity contribution in [3.05, 3.63) is 39.9 Å². The van der Waals surface area contributed by atoms with Crippen molar-refractivity contribution in [3.8, 4) is 0 Å². The molecule has 7 nitrogen and oxygen atoms in total. The fourth-order valence-electron chi connectivity index (χ4n) is 2.50. The maximum absolute atomic E-state index is 10.7. The standard InChI is InChI=1S/C16H24N4O3/c1-23-12-4-9-17-16(19-10-2-3-11-19)18-13-14-5-7-15(8-6-14)20(21)22/h5-8H,2-4,9-13H2,1H3,(H,17,18). The molecule has 0 aliphatic carbocycles. The highest BCUT2D eigenvalue weighted by molar-refractivity contribution is 5.80. The van der Waals surface area contributed by atoms with Crippen molar-refractivity contribution in [2.24, 2.45) is 4.99 Å². The first-order valence-electron chi connectivity index (χ1n) is 7.96. The van der Waals surface area contributed by atoms with E-state index in [0.29, 0.717) is 6.54 Å². The molecule has 0 atom stereocenters. The third-order valence-electron chi connectivity index (χ3n) is 3.77.